The van der Waals surface area contributed by atoms with E-state index in [1.165, 1.54) is 6.20 Å². The summed E-state index contributed by atoms with van der Waals surface area (Å²) in [6.07, 6.45) is 13.9. The van der Waals surface area contributed by atoms with Crippen molar-refractivity contribution in [1.82, 2.24) is 14.7 Å². The van der Waals surface area contributed by atoms with Crippen LogP contribution in [0.2, 0.25) is 0 Å². The molecule has 0 bridgehead atoms. The van der Waals surface area contributed by atoms with Crippen LogP contribution in [0.4, 0.5) is 0 Å². The third kappa shape index (κ3) is 5.97. The molecular weight excluding hydrogens is 392 g/mol. The van der Waals surface area contributed by atoms with Crippen molar-refractivity contribution < 1.29 is 0 Å². The topological polar surface area (TPSA) is 127 Å². The zero-order valence-electron chi connectivity index (χ0n) is 18.9. The minimum Gasteiger partial charge on any atom is -0.404 e. The van der Waals surface area contributed by atoms with Crippen molar-refractivity contribution >= 4 is 11.9 Å². The van der Waals surface area contributed by atoms with Crippen LogP contribution in [0, 0.1) is 4.91 Å². The third-order valence-corrected chi connectivity index (χ3v) is 5.20. The maximum absolute atomic E-state index is 10.7. The fourth-order valence-corrected chi connectivity index (χ4v) is 3.35. The van der Waals surface area contributed by atoms with Gasteiger partial charge in [0.1, 0.15) is 6.04 Å². The van der Waals surface area contributed by atoms with E-state index in [0.717, 1.165) is 36.2 Å². The van der Waals surface area contributed by atoms with Gasteiger partial charge in [-0.3, -0.25) is 9.67 Å². The maximum atomic E-state index is 10.7. The second kappa shape index (κ2) is 11.9. The average Bonchev–Trinajstić information content (AvgIpc) is 3.26. The lowest BCUT2D eigenvalue weighted by Gasteiger charge is -2.25. The lowest BCUT2D eigenvalue weighted by Crippen LogP contribution is -2.24. The number of allylic oxidation sites excluding steroid dienone is 3. The minimum absolute atomic E-state index is 0.155. The Morgan fingerprint density at radius 2 is 2.03 bits per heavy atom. The van der Waals surface area contributed by atoms with E-state index >= 15 is 0 Å². The van der Waals surface area contributed by atoms with E-state index in [4.69, 9.17) is 16.5 Å². The second-order valence-electron chi connectivity index (χ2n) is 7.37. The Morgan fingerprint density at radius 1 is 1.29 bits per heavy atom. The molecule has 1 atom stereocenters. The van der Waals surface area contributed by atoms with E-state index in [-0.39, 0.29) is 13.1 Å². The first-order valence-electron chi connectivity index (χ1n) is 10.8. The van der Waals surface area contributed by atoms with E-state index < -0.39 is 6.04 Å². The van der Waals surface area contributed by atoms with Crippen molar-refractivity contribution in [2.45, 2.75) is 52.1 Å². The minimum atomic E-state index is -0.549. The molecule has 1 aliphatic rings. The van der Waals surface area contributed by atoms with Gasteiger partial charge < -0.3 is 16.4 Å². The van der Waals surface area contributed by atoms with E-state index in [0.29, 0.717) is 17.3 Å². The summed E-state index contributed by atoms with van der Waals surface area (Å²) in [4.78, 5) is 21.9. The van der Waals surface area contributed by atoms with Gasteiger partial charge in [-0.25, -0.2) is 4.99 Å². The maximum Gasteiger partial charge on any atom is 0.123 e. The summed E-state index contributed by atoms with van der Waals surface area (Å²) in [6, 6.07) is -0.190. The van der Waals surface area contributed by atoms with Crippen molar-refractivity contribution in [1.29, 1.82) is 0 Å². The van der Waals surface area contributed by atoms with Crippen LogP contribution >= 0.6 is 0 Å². The van der Waals surface area contributed by atoms with Crippen molar-refractivity contribution in [3.8, 4) is 0 Å². The molecule has 0 radical (unpaired) electrons. The zero-order valence-corrected chi connectivity index (χ0v) is 18.9. The Labute approximate surface area is 184 Å². The van der Waals surface area contributed by atoms with E-state index in [1.807, 2.05) is 29.0 Å². The van der Waals surface area contributed by atoms with Gasteiger partial charge in [0, 0.05) is 49.5 Å². The highest BCUT2D eigenvalue weighted by atomic mass is 16.3. The van der Waals surface area contributed by atoms with Gasteiger partial charge in [0.05, 0.1) is 35.9 Å². The first-order chi connectivity index (χ1) is 15.0. The molecule has 0 saturated heterocycles. The van der Waals surface area contributed by atoms with Crippen LogP contribution < -0.4 is 11.5 Å². The van der Waals surface area contributed by atoms with E-state index in [2.05, 4.69) is 48.3 Å². The van der Waals surface area contributed by atoms with Crippen LogP contribution in [0.1, 0.15) is 51.6 Å². The van der Waals surface area contributed by atoms with Gasteiger partial charge in [-0.05, 0) is 19.3 Å². The molecule has 0 fully saturated rings. The predicted molar refractivity (Wildman–Crippen MR) is 127 cm³/mol. The Balaban J connectivity index is 2.40. The highest BCUT2D eigenvalue weighted by Gasteiger charge is 2.22. The number of aromatic nitrogens is 2. The average molecular weight is 427 g/mol. The van der Waals surface area contributed by atoms with Crippen molar-refractivity contribution in [2.75, 3.05) is 20.1 Å². The van der Waals surface area contributed by atoms with Crippen molar-refractivity contribution in [2.24, 2.45) is 26.6 Å². The highest BCUT2D eigenvalue weighted by molar-refractivity contribution is 6.13. The lowest BCUT2D eigenvalue weighted by atomic mass is 10.1. The monoisotopic (exact) mass is 426 g/mol. The molecule has 1 aromatic rings. The number of hydrogen-bond donors (Lipinski definition) is 2. The van der Waals surface area contributed by atoms with Gasteiger partial charge in [-0.2, -0.15) is 10.0 Å². The van der Waals surface area contributed by atoms with Gasteiger partial charge in [-0.15, -0.1) is 0 Å². The Kier molecular flexibility index (Phi) is 9.33. The highest BCUT2D eigenvalue weighted by Crippen LogP contribution is 2.25. The summed E-state index contributed by atoms with van der Waals surface area (Å²) in [7, 11) is 1.98. The lowest BCUT2D eigenvalue weighted by molar-refractivity contribution is 0.428. The Morgan fingerprint density at radius 3 is 2.61 bits per heavy atom. The molecule has 1 aromatic heterocycles. The van der Waals surface area contributed by atoms with Gasteiger partial charge >= 0.3 is 0 Å². The fourth-order valence-electron chi connectivity index (χ4n) is 3.35. The third-order valence-electron chi connectivity index (χ3n) is 5.20. The first-order valence-corrected chi connectivity index (χ1v) is 10.8. The summed E-state index contributed by atoms with van der Waals surface area (Å²) in [5.74, 6) is 0. The second-order valence-corrected chi connectivity index (χ2v) is 7.37. The van der Waals surface area contributed by atoms with Crippen LogP contribution in [0.15, 0.2) is 63.0 Å². The van der Waals surface area contributed by atoms with Crippen molar-refractivity contribution in [3.63, 3.8) is 0 Å². The number of likely N-dealkylation sites (N-methyl/N-ethyl adjacent to an activating group) is 1. The molecule has 2 heterocycles. The molecule has 1 aliphatic heterocycles. The van der Waals surface area contributed by atoms with Gasteiger partial charge in [0.25, 0.3) is 0 Å². The molecule has 0 aliphatic carbocycles. The summed E-state index contributed by atoms with van der Waals surface area (Å²) >= 11 is 0. The fraction of sp³-hybridized carbons (Fsp3) is 0.500. The zero-order chi connectivity index (χ0) is 22.8. The molecule has 0 saturated carbocycles. The summed E-state index contributed by atoms with van der Waals surface area (Å²) in [5, 5.41) is 7.54. The number of aliphatic imine (C=N–C) groups is 2. The first kappa shape index (κ1) is 24.2. The van der Waals surface area contributed by atoms with Gasteiger partial charge in [0.2, 0.25) is 0 Å². The molecule has 168 valence electrons. The largest absolute Gasteiger partial charge is 0.404 e. The molecule has 0 aromatic carbocycles. The molecule has 0 spiro atoms. The molecule has 1 unspecified atom stereocenters. The number of rotatable bonds is 11. The van der Waals surface area contributed by atoms with Crippen LogP contribution in [-0.4, -0.2) is 52.8 Å². The summed E-state index contributed by atoms with van der Waals surface area (Å²) in [6.45, 7) is 6.79. The smallest absolute Gasteiger partial charge is 0.123 e. The normalized spacial score (nSPS) is 17.4. The molecule has 2 rings (SSSR count). The van der Waals surface area contributed by atoms with E-state index in [9.17, 15) is 4.91 Å². The summed E-state index contributed by atoms with van der Waals surface area (Å²) in [5.41, 5.74) is 15.5. The molecule has 4 N–H and O–H groups in total. The predicted octanol–water partition coefficient (Wildman–Crippen LogP) is 3.12. The van der Waals surface area contributed by atoms with Gasteiger partial charge in [0.15, 0.2) is 0 Å². The molecule has 0 amide bonds. The number of nitroso groups, excluding NO2 is 1. The SMILES string of the molecule is CC/C=C1/C(c2cnn(C(CC)CC)c2)=NC(C(C=NCC(CN)N=O)=CN)=CN1C. The molecule has 31 heavy (non-hydrogen) atoms. The number of hydrogen-bond acceptors (Lipinski definition) is 8. The molecular formula is C22H34N8O. The Bertz CT molecular complexity index is 889. The quantitative estimate of drug-likeness (QED) is 0.415. The van der Waals surface area contributed by atoms with Crippen LogP contribution in [0.3, 0.4) is 0 Å². The van der Waals surface area contributed by atoms with Gasteiger partial charge in [-0.1, -0.05) is 32.0 Å². The summed E-state index contributed by atoms with van der Waals surface area (Å²) < 4.78 is 2.01. The number of nitrogens with zero attached hydrogens (tertiary/aromatic N) is 6. The van der Waals surface area contributed by atoms with Crippen molar-refractivity contribution in [3.05, 3.63) is 58.3 Å². The van der Waals surface area contributed by atoms with Crippen LogP contribution in [-0.2, 0) is 0 Å². The van der Waals surface area contributed by atoms with Crippen LogP contribution in [0.25, 0.3) is 0 Å². The van der Waals surface area contributed by atoms with Crippen LogP contribution in [0.5, 0.6) is 0 Å². The molecule has 9 nitrogen and oxygen atoms in total. The number of nitrogens with two attached hydrogens (primary N) is 2. The standard InChI is InChI=1S/C22H34N8O/c1-5-8-21-22(17-12-26-30(14-17)19(6-2)7-3)27-20(15-29(21)4)16(9-23)11-25-13-18(10-24)28-31/h8-9,11-12,14-15,18-19H,5-7,10,13,23-24H2,1-4H3/b16-9?,21-8-,25-11?. The van der Waals surface area contributed by atoms with E-state index in [1.54, 1.807) is 6.21 Å². The molecule has 9 heteroatoms. The Hall–Kier alpha value is -3.07.